The molecule has 7 heteroatoms. The van der Waals surface area contributed by atoms with Crippen LogP contribution in [0.25, 0.3) is 10.8 Å². The Kier molecular flexibility index (Phi) is 10.7. The number of hydrogen-bond donors (Lipinski definition) is 3. The molecule has 0 spiro atoms. The van der Waals surface area contributed by atoms with Crippen molar-refractivity contribution in [2.45, 2.75) is 52.5 Å². The van der Waals surface area contributed by atoms with E-state index < -0.39 is 0 Å². The van der Waals surface area contributed by atoms with Crippen LogP contribution in [0.1, 0.15) is 51.5 Å². The lowest BCUT2D eigenvalue weighted by atomic mass is 10.1. The maximum atomic E-state index is 4.71. The van der Waals surface area contributed by atoms with Crippen LogP contribution >= 0.6 is 0 Å². The molecule has 7 nitrogen and oxygen atoms in total. The number of benzene rings is 3. The summed E-state index contributed by atoms with van der Waals surface area (Å²) < 4.78 is 0. The van der Waals surface area contributed by atoms with Gasteiger partial charge < -0.3 is 20.9 Å². The zero-order chi connectivity index (χ0) is 26.4. The average molecular weight is 512 g/mol. The standard InChI is InChI=1S/C31H41N7/c1-3-5-21-38(22-6-4-2)23-13-20-32-29-35-30(33-24-25-14-8-7-9-15-25)37-31(36-29)34-28-19-12-17-26-16-10-11-18-27(26)28/h7-12,14-19H,3-6,13,20-24H2,1-2H3,(H3,32,33,34,35,36,37). The van der Waals surface area contributed by atoms with Crippen LogP contribution in [-0.2, 0) is 6.54 Å². The van der Waals surface area contributed by atoms with Gasteiger partial charge in [0.15, 0.2) is 0 Å². The highest BCUT2D eigenvalue weighted by molar-refractivity contribution is 5.94. The molecule has 4 rings (SSSR count). The second-order valence-corrected chi connectivity index (χ2v) is 9.63. The van der Waals surface area contributed by atoms with Crippen molar-refractivity contribution < 1.29 is 0 Å². The molecule has 3 aromatic carbocycles. The second kappa shape index (κ2) is 14.9. The summed E-state index contributed by atoms with van der Waals surface area (Å²) in [5.41, 5.74) is 2.14. The molecule has 0 fully saturated rings. The van der Waals surface area contributed by atoms with Crippen LogP contribution in [0.2, 0.25) is 0 Å². The first-order chi connectivity index (χ1) is 18.7. The van der Waals surface area contributed by atoms with E-state index in [2.05, 4.69) is 81.1 Å². The highest BCUT2D eigenvalue weighted by Crippen LogP contribution is 2.25. The Morgan fingerprint density at radius 3 is 2.03 bits per heavy atom. The van der Waals surface area contributed by atoms with Crippen LogP contribution in [0.3, 0.4) is 0 Å². The molecule has 0 aliphatic rings. The Morgan fingerprint density at radius 2 is 1.26 bits per heavy atom. The fourth-order valence-corrected chi connectivity index (χ4v) is 4.42. The van der Waals surface area contributed by atoms with Crippen molar-refractivity contribution >= 4 is 34.3 Å². The van der Waals surface area contributed by atoms with Gasteiger partial charge in [-0.2, -0.15) is 15.0 Å². The Labute approximate surface area is 227 Å². The number of aromatic nitrogens is 3. The van der Waals surface area contributed by atoms with Gasteiger partial charge in [0.1, 0.15) is 0 Å². The smallest absolute Gasteiger partial charge is 0.233 e. The van der Waals surface area contributed by atoms with Crippen molar-refractivity contribution in [1.29, 1.82) is 0 Å². The summed E-state index contributed by atoms with van der Waals surface area (Å²) >= 11 is 0. The number of unbranched alkanes of at least 4 members (excludes halogenated alkanes) is 2. The summed E-state index contributed by atoms with van der Waals surface area (Å²) in [5.74, 6) is 1.63. The molecule has 0 saturated heterocycles. The lowest BCUT2D eigenvalue weighted by molar-refractivity contribution is 0.264. The molecule has 0 radical (unpaired) electrons. The average Bonchev–Trinajstić information content (AvgIpc) is 2.96. The first-order valence-corrected chi connectivity index (χ1v) is 14.0. The largest absolute Gasteiger partial charge is 0.354 e. The molecule has 0 unspecified atom stereocenters. The molecule has 0 aliphatic heterocycles. The van der Waals surface area contributed by atoms with Crippen molar-refractivity contribution in [3.8, 4) is 0 Å². The third-order valence-electron chi connectivity index (χ3n) is 6.55. The summed E-state index contributed by atoms with van der Waals surface area (Å²) in [6.07, 6.45) is 6.01. The minimum atomic E-state index is 0.516. The van der Waals surface area contributed by atoms with E-state index in [4.69, 9.17) is 4.98 Å². The van der Waals surface area contributed by atoms with E-state index in [1.807, 2.05) is 36.4 Å². The van der Waals surface area contributed by atoms with E-state index in [1.54, 1.807) is 0 Å². The highest BCUT2D eigenvalue weighted by Gasteiger charge is 2.10. The van der Waals surface area contributed by atoms with Crippen LogP contribution in [-0.4, -0.2) is 46.0 Å². The minimum absolute atomic E-state index is 0.516. The van der Waals surface area contributed by atoms with E-state index in [9.17, 15) is 0 Å². The number of nitrogens with one attached hydrogen (secondary N) is 3. The summed E-state index contributed by atoms with van der Waals surface area (Å²) in [6.45, 7) is 9.40. The van der Waals surface area contributed by atoms with Crippen LogP contribution in [0.5, 0.6) is 0 Å². The minimum Gasteiger partial charge on any atom is -0.354 e. The van der Waals surface area contributed by atoms with Gasteiger partial charge in [-0.3, -0.25) is 0 Å². The third kappa shape index (κ3) is 8.42. The monoisotopic (exact) mass is 511 g/mol. The van der Waals surface area contributed by atoms with E-state index in [0.29, 0.717) is 24.4 Å². The maximum Gasteiger partial charge on any atom is 0.233 e. The highest BCUT2D eigenvalue weighted by atomic mass is 15.3. The van der Waals surface area contributed by atoms with Gasteiger partial charge in [0.05, 0.1) is 0 Å². The van der Waals surface area contributed by atoms with Crippen molar-refractivity contribution in [1.82, 2.24) is 19.9 Å². The number of fused-ring (bicyclic) bond motifs is 1. The van der Waals surface area contributed by atoms with Gasteiger partial charge in [-0.15, -0.1) is 0 Å². The van der Waals surface area contributed by atoms with Gasteiger partial charge in [-0.25, -0.2) is 0 Å². The fourth-order valence-electron chi connectivity index (χ4n) is 4.42. The molecule has 3 N–H and O–H groups in total. The van der Waals surface area contributed by atoms with E-state index in [0.717, 1.165) is 30.6 Å². The van der Waals surface area contributed by atoms with Crippen molar-refractivity contribution in [2.24, 2.45) is 0 Å². The van der Waals surface area contributed by atoms with Crippen LogP contribution < -0.4 is 16.0 Å². The molecule has 200 valence electrons. The molecule has 4 aromatic rings. The maximum absolute atomic E-state index is 4.71. The molecule has 0 saturated carbocycles. The predicted octanol–water partition coefficient (Wildman–Crippen LogP) is 7.08. The molecular formula is C31H41N7. The topological polar surface area (TPSA) is 78.0 Å². The van der Waals surface area contributed by atoms with Gasteiger partial charge in [0.2, 0.25) is 17.8 Å². The lowest BCUT2D eigenvalue weighted by Gasteiger charge is -2.22. The molecule has 0 amide bonds. The summed E-state index contributed by atoms with van der Waals surface area (Å²) in [6, 6.07) is 24.8. The quantitative estimate of drug-likeness (QED) is 0.139. The van der Waals surface area contributed by atoms with E-state index >= 15 is 0 Å². The molecule has 0 bridgehead atoms. The molecule has 0 aliphatic carbocycles. The lowest BCUT2D eigenvalue weighted by Crippen LogP contribution is -2.28. The van der Waals surface area contributed by atoms with Crippen molar-refractivity contribution in [3.63, 3.8) is 0 Å². The Bertz CT molecular complexity index is 1230. The normalized spacial score (nSPS) is 11.1. The van der Waals surface area contributed by atoms with Gasteiger partial charge >= 0.3 is 0 Å². The van der Waals surface area contributed by atoms with E-state index in [1.165, 1.54) is 49.7 Å². The predicted molar refractivity (Wildman–Crippen MR) is 160 cm³/mol. The molecule has 1 aromatic heterocycles. The van der Waals surface area contributed by atoms with Gasteiger partial charge in [0.25, 0.3) is 0 Å². The Balaban J connectivity index is 1.45. The van der Waals surface area contributed by atoms with Crippen molar-refractivity contribution in [2.75, 3.05) is 42.1 Å². The van der Waals surface area contributed by atoms with Crippen molar-refractivity contribution in [3.05, 3.63) is 78.4 Å². The summed E-state index contributed by atoms with van der Waals surface area (Å²) in [5, 5.41) is 12.5. The van der Waals surface area contributed by atoms with Gasteiger partial charge in [0, 0.05) is 24.2 Å². The number of anilines is 4. The Morgan fingerprint density at radius 1 is 0.632 bits per heavy atom. The zero-order valence-corrected chi connectivity index (χ0v) is 22.8. The first kappa shape index (κ1) is 27.3. The van der Waals surface area contributed by atoms with Gasteiger partial charge in [-0.05, 0) is 55.9 Å². The van der Waals surface area contributed by atoms with Crippen LogP contribution in [0.15, 0.2) is 72.8 Å². The van der Waals surface area contributed by atoms with E-state index in [-0.39, 0.29) is 0 Å². The number of nitrogens with zero attached hydrogens (tertiary/aromatic N) is 4. The Hall–Kier alpha value is -3.71. The van der Waals surface area contributed by atoms with Crippen LogP contribution in [0.4, 0.5) is 23.5 Å². The SMILES string of the molecule is CCCCN(CCCC)CCCNc1nc(NCc2ccccc2)nc(Nc2cccc3ccccc23)n1. The second-order valence-electron chi connectivity index (χ2n) is 9.63. The first-order valence-electron chi connectivity index (χ1n) is 14.0. The molecule has 1 heterocycles. The van der Waals surface area contributed by atoms with Gasteiger partial charge in [-0.1, -0.05) is 93.4 Å². The van der Waals surface area contributed by atoms with Crippen LogP contribution in [0, 0.1) is 0 Å². The fraction of sp³-hybridized carbons (Fsp3) is 0.387. The zero-order valence-electron chi connectivity index (χ0n) is 22.8. The number of rotatable bonds is 16. The molecule has 0 atom stereocenters. The number of hydrogen-bond acceptors (Lipinski definition) is 7. The molecular weight excluding hydrogens is 470 g/mol. The summed E-state index contributed by atoms with van der Waals surface area (Å²) in [7, 11) is 0. The molecule has 38 heavy (non-hydrogen) atoms. The third-order valence-corrected chi connectivity index (χ3v) is 6.55. The summed E-state index contributed by atoms with van der Waals surface area (Å²) in [4.78, 5) is 16.6.